The third kappa shape index (κ3) is 3.42. The zero-order valence-corrected chi connectivity index (χ0v) is 12.2. The van der Waals surface area contributed by atoms with Gasteiger partial charge in [0.15, 0.2) is 0 Å². The van der Waals surface area contributed by atoms with E-state index < -0.39 is 0 Å². The molecule has 0 bridgehead atoms. The number of amides is 1. The molecule has 1 fully saturated rings. The van der Waals surface area contributed by atoms with E-state index in [0.717, 1.165) is 41.7 Å². The Kier molecular flexibility index (Phi) is 4.39. The highest BCUT2D eigenvalue weighted by atomic mass is 127. The Hall–Kier alpha value is -0.620. The minimum Gasteiger partial charge on any atom is -0.337 e. The molecule has 0 N–H and O–H groups in total. The lowest BCUT2D eigenvalue weighted by Crippen LogP contribution is -2.34. The van der Waals surface area contributed by atoms with E-state index in [1.165, 1.54) is 0 Å². The van der Waals surface area contributed by atoms with Crippen molar-refractivity contribution in [2.75, 3.05) is 33.2 Å². The van der Waals surface area contributed by atoms with E-state index in [-0.39, 0.29) is 5.91 Å². The number of halogens is 1. The van der Waals surface area contributed by atoms with Crippen molar-refractivity contribution in [2.45, 2.75) is 6.42 Å². The van der Waals surface area contributed by atoms with Crippen LogP contribution in [0.4, 0.5) is 0 Å². The molecular formula is C13H17IN2O. The molecule has 0 aromatic heterocycles. The van der Waals surface area contributed by atoms with Crippen molar-refractivity contribution in [1.82, 2.24) is 9.80 Å². The lowest BCUT2D eigenvalue weighted by Gasteiger charge is -2.20. The van der Waals surface area contributed by atoms with Gasteiger partial charge in [-0.1, -0.05) is 6.07 Å². The normalized spacial score (nSPS) is 17.9. The van der Waals surface area contributed by atoms with Gasteiger partial charge in [-0.3, -0.25) is 4.79 Å². The second-order valence-corrected chi connectivity index (χ2v) is 5.71. The molecule has 1 aromatic carbocycles. The van der Waals surface area contributed by atoms with Crippen molar-refractivity contribution in [3.05, 3.63) is 33.4 Å². The molecule has 1 saturated heterocycles. The van der Waals surface area contributed by atoms with Gasteiger partial charge in [-0.25, -0.2) is 0 Å². The van der Waals surface area contributed by atoms with Crippen molar-refractivity contribution >= 4 is 28.5 Å². The second kappa shape index (κ2) is 5.82. The number of carbonyl (C=O) groups excluding carboxylic acids is 1. The summed E-state index contributed by atoms with van der Waals surface area (Å²) in [5.74, 6) is 0.166. The molecular weight excluding hydrogens is 327 g/mol. The van der Waals surface area contributed by atoms with Crippen LogP contribution >= 0.6 is 22.6 Å². The molecule has 0 unspecified atom stereocenters. The summed E-state index contributed by atoms with van der Waals surface area (Å²) in [6.07, 6.45) is 1.06. The van der Waals surface area contributed by atoms with Crippen LogP contribution in [-0.4, -0.2) is 48.9 Å². The average molecular weight is 344 g/mol. The van der Waals surface area contributed by atoms with Crippen LogP contribution in [0.3, 0.4) is 0 Å². The minimum atomic E-state index is 0.166. The summed E-state index contributed by atoms with van der Waals surface area (Å²) >= 11 is 2.24. The molecule has 0 spiro atoms. The molecule has 1 aromatic rings. The topological polar surface area (TPSA) is 23.6 Å². The van der Waals surface area contributed by atoms with Gasteiger partial charge in [0.25, 0.3) is 5.91 Å². The van der Waals surface area contributed by atoms with E-state index in [4.69, 9.17) is 0 Å². The standard InChI is InChI=1S/C13H17IN2O/c1-15-6-3-7-16(9-8-15)13(17)11-4-2-5-12(14)10-11/h2,4-5,10H,3,6-9H2,1H3. The van der Waals surface area contributed by atoms with Crippen molar-refractivity contribution < 1.29 is 4.79 Å². The summed E-state index contributed by atoms with van der Waals surface area (Å²) in [6.45, 7) is 3.75. The lowest BCUT2D eigenvalue weighted by atomic mass is 10.2. The zero-order chi connectivity index (χ0) is 12.3. The quantitative estimate of drug-likeness (QED) is 0.729. The van der Waals surface area contributed by atoms with Crippen LogP contribution in [0.2, 0.25) is 0 Å². The molecule has 4 heteroatoms. The highest BCUT2D eigenvalue weighted by Gasteiger charge is 2.18. The Morgan fingerprint density at radius 2 is 2.06 bits per heavy atom. The monoisotopic (exact) mass is 344 g/mol. The van der Waals surface area contributed by atoms with Crippen molar-refractivity contribution in [1.29, 1.82) is 0 Å². The van der Waals surface area contributed by atoms with E-state index in [2.05, 4.69) is 34.5 Å². The van der Waals surface area contributed by atoms with Crippen LogP contribution < -0.4 is 0 Å². The first-order chi connectivity index (χ1) is 8.16. The van der Waals surface area contributed by atoms with Gasteiger partial charge >= 0.3 is 0 Å². The molecule has 17 heavy (non-hydrogen) atoms. The predicted molar refractivity (Wildman–Crippen MR) is 77.2 cm³/mol. The maximum absolute atomic E-state index is 12.3. The first kappa shape index (κ1) is 12.8. The molecule has 3 nitrogen and oxygen atoms in total. The second-order valence-electron chi connectivity index (χ2n) is 4.46. The van der Waals surface area contributed by atoms with Crippen LogP contribution in [0, 0.1) is 3.57 Å². The SMILES string of the molecule is CN1CCCN(C(=O)c2cccc(I)c2)CC1. The Morgan fingerprint density at radius 3 is 2.82 bits per heavy atom. The van der Waals surface area contributed by atoms with Gasteiger partial charge < -0.3 is 9.80 Å². The third-order valence-corrected chi connectivity index (χ3v) is 3.75. The van der Waals surface area contributed by atoms with Crippen LogP contribution in [-0.2, 0) is 0 Å². The number of carbonyl (C=O) groups is 1. The number of rotatable bonds is 1. The molecule has 0 radical (unpaired) electrons. The van der Waals surface area contributed by atoms with E-state index >= 15 is 0 Å². The van der Waals surface area contributed by atoms with E-state index in [1.54, 1.807) is 0 Å². The minimum absolute atomic E-state index is 0.166. The zero-order valence-electron chi connectivity index (χ0n) is 10.0. The van der Waals surface area contributed by atoms with Crippen molar-refractivity contribution in [3.63, 3.8) is 0 Å². The first-order valence-corrected chi connectivity index (χ1v) is 6.98. The predicted octanol–water partition coefficient (Wildman–Crippen LogP) is 2.07. The van der Waals surface area contributed by atoms with Crippen molar-refractivity contribution in [2.24, 2.45) is 0 Å². The fourth-order valence-electron chi connectivity index (χ4n) is 2.05. The lowest BCUT2D eigenvalue weighted by molar-refractivity contribution is 0.0763. The van der Waals surface area contributed by atoms with Gasteiger partial charge in [0, 0.05) is 28.8 Å². The van der Waals surface area contributed by atoms with Gasteiger partial charge in [-0.05, 0) is 60.8 Å². The van der Waals surface area contributed by atoms with E-state index in [1.807, 2.05) is 29.2 Å². The molecule has 1 amide bonds. The number of likely N-dealkylation sites (N-methyl/N-ethyl adjacent to an activating group) is 1. The summed E-state index contributed by atoms with van der Waals surface area (Å²) in [5.41, 5.74) is 0.807. The third-order valence-electron chi connectivity index (χ3n) is 3.08. The number of hydrogen-bond donors (Lipinski definition) is 0. The summed E-state index contributed by atoms with van der Waals surface area (Å²) < 4.78 is 1.11. The highest BCUT2D eigenvalue weighted by molar-refractivity contribution is 14.1. The molecule has 92 valence electrons. The van der Waals surface area contributed by atoms with Gasteiger partial charge in [-0.2, -0.15) is 0 Å². The number of benzene rings is 1. The molecule has 0 aliphatic carbocycles. The van der Waals surface area contributed by atoms with Crippen LogP contribution in [0.25, 0.3) is 0 Å². The molecule has 1 aliphatic rings. The van der Waals surface area contributed by atoms with Crippen LogP contribution in [0.1, 0.15) is 16.8 Å². The Balaban J connectivity index is 2.09. The van der Waals surface area contributed by atoms with Gasteiger partial charge in [0.05, 0.1) is 0 Å². The number of hydrogen-bond acceptors (Lipinski definition) is 2. The molecule has 2 rings (SSSR count). The Labute approximate surface area is 116 Å². The fourth-order valence-corrected chi connectivity index (χ4v) is 2.60. The molecule has 1 aliphatic heterocycles. The first-order valence-electron chi connectivity index (χ1n) is 5.90. The Bertz CT molecular complexity index is 408. The van der Waals surface area contributed by atoms with Crippen molar-refractivity contribution in [3.8, 4) is 0 Å². The summed E-state index contributed by atoms with van der Waals surface area (Å²) in [4.78, 5) is 16.6. The maximum atomic E-state index is 12.3. The van der Waals surface area contributed by atoms with Crippen LogP contribution in [0.15, 0.2) is 24.3 Å². The summed E-state index contributed by atoms with van der Waals surface area (Å²) in [5, 5.41) is 0. The van der Waals surface area contributed by atoms with Gasteiger partial charge in [0.1, 0.15) is 0 Å². The maximum Gasteiger partial charge on any atom is 0.253 e. The highest BCUT2D eigenvalue weighted by Crippen LogP contribution is 2.12. The molecule has 1 heterocycles. The molecule has 0 atom stereocenters. The molecule has 0 saturated carbocycles. The van der Waals surface area contributed by atoms with Gasteiger partial charge in [-0.15, -0.1) is 0 Å². The largest absolute Gasteiger partial charge is 0.337 e. The summed E-state index contributed by atoms with van der Waals surface area (Å²) in [6, 6.07) is 7.81. The Morgan fingerprint density at radius 1 is 1.24 bits per heavy atom. The van der Waals surface area contributed by atoms with Crippen LogP contribution in [0.5, 0.6) is 0 Å². The smallest absolute Gasteiger partial charge is 0.253 e. The van der Waals surface area contributed by atoms with E-state index in [9.17, 15) is 4.79 Å². The van der Waals surface area contributed by atoms with Gasteiger partial charge in [0.2, 0.25) is 0 Å². The van der Waals surface area contributed by atoms with E-state index in [0.29, 0.717) is 0 Å². The fraction of sp³-hybridized carbons (Fsp3) is 0.462. The average Bonchev–Trinajstić information content (AvgIpc) is 2.53. The number of nitrogens with zero attached hydrogens (tertiary/aromatic N) is 2. The summed E-state index contributed by atoms with van der Waals surface area (Å²) in [7, 11) is 2.11.